The van der Waals surface area contributed by atoms with E-state index in [9.17, 15) is 43.2 Å². The fourth-order valence-corrected chi connectivity index (χ4v) is 14.2. The molecule has 0 aromatic rings. The van der Waals surface area contributed by atoms with Crippen molar-refractivity contribution in [1.29, 1.82) is 0 Å². The lowest BCUT2D eigenvalue weighted by molar-refractivity contribution is -0.161. The van der Waals surface area contributed by atoms with Gasteiger partial charge in [-0.25, -0.2) is 9.13 Å². The van der Waals surface area contributed by atoms with Crippen LogP contribution >= 0.6 is 15.6 Å². The lowest BCUT2D eigenvalue weighted by Crippen LogP contribution is -2.30. The number of phosphoric ester groups is 2. The van der Waals surface area contributed by atoms with Crippen LogP contribution < -0.4 is 0 Å². The van der Waals surface area contributed by atoms with E-state index in [1.54, 1.807) is 0 Å². The lowest BCUT2D eigenvalue weighted by atomic mass is 10.0. The molecule has 100 heavy (non-hydrogen) atoms. The van der Waals surface area contributed by atoms with Crippen LogP contribution in [-0.4, -0.2) is 96.7 Å². The Hall–Kier alpha value is -1.94. The first-order valence-electron chi connectivity index (χ1n) is 42.1. The number of hydrogen-bond acceptors (Lipinski definition) is 15. The molecule has 0 saturated carbocycles. The fraction of sp³-hybridized carbons (Fsp3) is 0.951. The summed E-state index contributed by atoms with van der Waals surface area (Å²) in [7, 11) is -9.92. The van der Waals surface area contributed by atoms with Crippen LogP contribution in [0.5, 0.6) is 0 Å². The van der Waals surface area contributed by atoms with E-state index < -0.39 is 97.5 Å². The van der Waals surface area contributed by atoms with Gasteiger partial charge in [-0.1, -0.05) is 381 Å². The molecule has 0 rings (SSSR count). The second-order valence-corrected chi connectivity index (χ2v) is 32.5. The molecular formula is C81H158O17P2. The third kappa shape index (κ3) is 74.3. The van der Waals surface area contributed by atoms with Crippen LogP contribution in [0.4, 0.5) is 0 Å². The molecule has 3 N–H and O–H groups in total. The number of carbonyl (C=O) groups is 4. The van der Waals surface area contributed by atoms with E-state index >= 15 is 0 Å². The minimum atomic E-state index is -4.96. The number of aliphatic hydroxyl groups excluding tert-OH is 1. The van der Waals surface area contributed by atoms with Gasteiger partial charge in [-0.05, 0) is 31.6 Å². The molecule has 594 valence electrons. The van der Waals surface area contributed by atoms with Crippen molar-refractivity contribution >= 4 is 39.5 Å². The van der Waals surface area contributed by atoms with Crippen LogP contribution in [-0.2, 0) is 65.4 Å². The van der Waals surface area contributed by atoms with Crippen LogP contribution in [0.1, 0.15) is 433 Å². The van der Waals surface area contributed by atoms with E-state index in [2.05, 4.69) is 34.6 Å². The number of phosphoric acid groups is 2. The normalized spacial score (nSPS) is 13.8. The summed E-state index contributed by atoms with van der Waals surface area (Å²) in [5.41, 5.74) is 0. The van der Waals surface area contributed by atoms with Crippen molar-refractivity contribution in [2.24, 2.45) is 5.92 Å². The highest BCUT2D eigenvalue weighted by atomic mass is 31.2. The molecular weight excluding hydrogens is 1310 g/mol. The van der Waals surface area contributed by atoms with Crippen LogP contribution in [0.3, 0.4) is 0 Å². The molecule has 0 radical (unpaired) electrons. The Bertz CT molecular complexity index is 1910. The molecule has 0 saturated heterocycles. The monoisotopic (exact) mass is 1470 g/mol. The fourth-order valence-electron chi connectivity index (χ4n) is 12.6. The van der Waals surface area contributed by atoms with E-state index in [1.165, 1.54) is 250 Å². The summed E-state index contributed by atoms with van der Waals surface area (Å²) in [6.07, 6.45) is 65.5. The highest BCUT2D eigenvalue weighted by molar-refractivity contribution is 7.47. The van der Waals surface area contributed by atoms with Crippen LogP contribution in [0.25, 0.3) is 0 Å². The zero-order valence-corrected chi connectivity index (χ0v) is 67.1. The number of rotatable bonds is 81. The molecule has 0 spiro atoms. The van der Waals surface area contributed by atoms with Gasteiger partial charge >= 0.3 is 39.5 Å². The van der Waals surface area contributed by atoms with E-state index in [-0.39, 0.29) is 25.7 Å². The van der Waals surface area contributed by atoms with Gasteiger partial charge in [0.1, 0.15) is 19.3 Å². The van der Waals surface area contributed by atoms with Gasteiger partial charge in [-0.15, -0.1) is 0 Å². The van der Waals surface area contributed by atoms with Crippen LogP contribution in [0.2, 0.25) is 0 Å². The molecule has 0 amide bonds. The minimum absolute atomic E-state index is 0.107. The second-order valence-electron chi connectivity index (χ2n) is 29.6. The van der Waals surface area contributed by atoms with Crippen molar-refractivity contribution in [2.75, 3.05) is 39.6 Å². The van der Waals surface area contributed by atoms with Crippen molar-refractivity contribution in [3.8, 4) is 0 Å². The summed E-state index contributed by atoms with van der Waals surface area (Å²) in [4.78, 5) is 73.0. The van der Waals surface area contributed by atoms with Crippen molar-refractivity contribution in [3.63, 3.8) is 0 Å². The quantitative estimate of drug-likeness (QED) is 0.0222. The van der Waals surface area contributed by atoms with Gasteiger partial charge in [-0.2, -0.15) is 0 Å². The third-order valence-corrected chi connectivity index (χ3v) is 20.9. The first kappa shape index (κ1) is 98.1. The molecule has 17 nitrogen and oxygen atoms in total. The zero-order chi connectivity index (χ0) is 73.4. The summed E-state index contributed by atoms with van der Waals surface area (Å²) in [5, 5.41) is 10.6. The van der Waals surface area contributed by atoms with Crippen LogP contribution in [0, 0.1) is 5.92 Å². The van der Waals surface area contributed by atoms with Crippen molar-refractivity contribution in [1.82, 2.24) is 0 Å². The van der Waals surface area contributed by atoms with E-state index in [0.29, 0.717) is 31.6 Å². The van der Waals surface area contributed by atoms with Gasteiger partial charge in [0, 0.05) is 25.7 Å². The summed E-state index contributed by atoms with van der Waals surface area (Å²) in [5.74, 6) is -1.43. The molecule has 19 heteroatoms. The van der Waals surface area contributed by atoms with E-state index in [1.807, 2.05) is 0 Å². The molecule has 2 unspecified atom stereocenters. The lowest BCUT2D eigenvalue weighted by Gasteiger charge is -2.21. The Balaban J connectivity index is 5.21. The summed E-state index contributed by atoms with van der Waals surface area (Å²) >= 11 is 0. The SMILES string of the molecule is CCCCCCCCCCCCCCCCCCCCCCC(=O)O[C@H](COC(=O)CCCCCCCCCCCCCCCCCCCC)COP(=O)(O)OC[C@@H](O)COP(=O)(O)OC[C@@H](COC(=O)CCCCCCCCC(C)C)OC(=O)CCCCCCCCCCCCCCC. The largest absolute Gasteiger partial charge is 0.472 e. The number of unbranched alkanes of at least 4 members (excludes halogenated alkanes) is 53. The molecule has 0 heterocycles. The first-order chi connectivity index (χ1) is 48.5. The number of aliphatic hydroxyl groups is 1. The molecule has 0 aliphatic heterocycles. The van der Waals surface area contributed by atoms with Crippen molar-refractivity contribution < 1.29 is 80.2 Å². The molecule has 0 aromatic carbocycles. The summed E-state index contributed by atoms with van der Waals surface area (Å²) in [6.45, 7) is 7.25. The average molecular weight is 1470 g/mol. The minimum Gasteiger partial charge on any atom is -0.462 e. The number of ether oxygens (including phenoxy) is 4. The molecule has 0 aromatic heterocycles. The van der Waals surface area contributed by atoms with E-state index in [4.69, 9.17) is 37.0 Å². The predicted molar refractivity (Wildman–Crippen MR) is 409 cm³/mol. The number of carbonyl (C=O) groups excluding carboxylic acids is 4. The Morgan fingerprint density at radius 1 is 0.270 bits per heavy atom. The van der Waals surface area contributed by atoms with Gasteiger partial charge in [0.05, 0.1) is 26.4 Å². The second kappa shape index (κ2) is 73.9. The predicted octanol–water partition coefficient (Wildman–Crippen LogP) is 24.4. The highest BCUT2D eigenvalue weighted by Gasteiger charge is 2.30. The molecule has 0 aliphatic rings. The van der Waals surface area contributed by atoms with Gasteiger partial charge in [0.2, 0.25) is 0 Å². The Morgan fingerprint density at radius 2 is 0.460 bits per heavy atom. The zero-order valence-electron chi connectivity index (χ0n) is 65.3. The Labute approximate surface area is 613 Å². The van der Waals surface area contributed by atoms with Crippen molar-refractivity contribution in [2.45, 2.75) is 451 Å². The molecule has 5 atom stereocenters. The van der Waals surface area contributed by atoms with Crippen molar-refractivity contribution in [3.05, 3.63) is 0 Å². The van der Waals surface area contributed by atoms with Gasteiger partial charge in [0.25, 0.3) is 0 Å². The topological polar surface area (TPSA) is 237 Å². The highest BCUT2D eigenvalue weighted by Crippen LogP contribution is 2.45. The maximum Gasteiger partial charge on any atom is 0.472 e. The smallest absolute Gasteiger partial charge is 0.462 e. The van der Waals surface area contributed by atoms with E-state index in [0.717, 1.165) is 96.3 Å². The summed E-state index contributed by atoms with van der Waals surface area (Å²) < 4.78 is 68.7. The number of esters is 4. The van der Waals surface area contributed by atoms with Gasteiger partial charge < -0.3 is 33.8 Å². The third-order valence-electron chi connectivity index (χ3n) is 19.0. The average Bonchev–Trinajstić information content (AvgIpc) is 0.921. The Morgan fingerprint density at radius 3 is 0.680 bits per heavy atom. The Kier molecular flexibility index (Phi) is 72.5. The van der Waals surface area contributed by atoms with Gasteiger partial charge in [-0.3, -0.25) is 37.3 Å². The van der Waals surface area contributed by atoms with Crippen LogP contribution in [0.15, 0.2) is 0 Å². The maximum absolute atomic E-state index is 13.1. The first-order valence-corrected chi connectivity index (χ1v) is 45.1. The molecule has 0 fully saturated rings. The van der Waals surface area contributed by atoms with Gasteiger partial charge in [0.15, 0.2) is 12.2 Å². The maximum atomic E-state index is 13.1. The number of hydrogen-bond donors (Lipinski definition) is 3. The summed E-state index contributed by atoms with van der Waals surface area (Å²) in [6, 6.07) is 0. The molecule has 0 aliphatic carbocycles. The molecule has 0 bridgehead atoms. The standard InChI is InChI=1S/C81H158O17P2/c1-6-9-12-15-18-21-24-27-29-31-33-34-36-38-41-44-47-50-57-62-67-80(85)97-76(70-91-78(83)64-59-54-48-45-42-40-37-35-32-30-28-25-22-19-16-13-10-7-2)72-95-99(87,88)93-68-75(82)69-94-100(89,90)96-73-77(71-92-79(84)65-60-55-52-51-53-58-63-74(4)5)98-81(86)66-61-56-49-46-43-39-26-23-20-17-14-11-8-3/h74-77,82H,6-73H2,1-5H3,(H,87,88)(H,89,90)/t75-,76-,77-/m1/s1.